The lowest BCUT2D eigenvalue weighted by Crippen LogP contribution is -2.34. The maximum atomic E-state index is 11.0. The summed E-state index contributed by atoms with van der Waals surface area (Å²) < 4.78 is 0. The van der Waals surface area contributed by atoms with Gasteiger partial charge in [0.15, 0.2) is 0 Å². The Hall–Kier alpha value is -2.15. The molecule has 21 heavy (non-hydrogen) atoms. The molecule has 0 bridgehead atoms. The molecule has 0 saturated heterocycles. The molecule has 0 heterocycles. The predicted molar refractivity (Wildman–Crippen MR) is 78.6 cm³/mol. The zero-order valence-corrected chi connectivity index (χ0v) is 12.3. The van der Waals surface area contributed by atoms with Crippen LogP contribution in [0.2, 0.25) is 0 Å². The summed E-state index contributed by atoms with van der Waals surface area (Å²) in [6.07, 6.45) is 0.582. The van der Waals surface area contributed by atoms with Gasteiger partial charge in [0.1, 0.15) is 5.56 Å². The number of aliphatic hydroxyl groups is 1. The summed E-state index contributed by atoms with van der Waals surface area (Å²) in [6.45, 7) is 5.89. The normalized spacial score (nSPS) is 13.8. The molecule has 3 N–H and O–H groups in total. The van der Waals surface area contributed by atoms with Crippen molar-refractivity contribution in [1.82, 2.24) is 0 Å². The molecule has 0 spiro atoms. The van der Waals surface area contributed by atoms with E-state index in [-0.39, 0.29) is 12.1 Å². The second-order valence-corrected chi connectivity index (χ2v) is 5.74. The number of anilines is 1. The van der Waals surface area contributed by atoms with Gasteiger partial charge in [-0.2, -0.15) is 0 Å². The Morgan fingerprint density at radius 3 is 2.57 bits per heavy atom. The second kappa shape index (κ2) is 6.53. The van der Waals surface area contributed by atoms with Crippen LogP contribution in [0.1, 0.15) is 37.6 Å². The standard InChI is InChI=1S/C14H20N2O5/c1-9(2)7-14(3,19)8-15-10-4-5-12(16(20)21)11(6-10)13(17)18/h4-6,9,15,19H,7-8H2,1-3H3,(H,17,18). The summed E-state index contributed by atoms with van der Waals surface area (Å²) in [6, 6.07) is 3.77. The van der Waals surface area contributed by atoms with Gasteiger partial charge in [-0.3, -0.25) is 10.1 Å². The van der Waals surface area contributed by atoms with Gasteiger partial charge in [0.25, 0.3) is 5.69 Å². The van der Waals surface area contributed by atoms with Gasteiger partial charge in [0.2, 0.25) is 0 Å². The highest BCUT2D eigenvalue weighted by molar-refractivity contribution is 5.93. The summed E-state index contributed by atoms with van der Waals surface area (Å²) in [5.74, 6) is -1.05. The Labute approximate surface area is 122 Å². The van der Waals surface area contributed by atoms with E-state index >= 15 is 0 Å². The first-order valence-corrected chi connectivity index (χ1v) is 6.60. The average Bonchev–Trinajstić information content (AvgIpc) is 2.34. The first kappa shape index (κ1) is 16.9. The molecule has 1 rings (SSSR count). The van der Waals surface area contributed by atoms with Crippen LogP contribution in [0.25, 0.3) is 0 Å². The zero-order chi connectivity index (χ0) is 16.2. The van der Waals surface area contributed by atoms with E-state index in [0.717, 1.165) is 6.07 Å². The fourth-order valence-electron chi connectivity index (χ4n) is 2.22. The highest BCUT2D eigenvalue weighted by atomic mass is 16.6. The zero-order valence-electron chi connectivity index (χ0n) is 12.3. The van der Waals surface area contributed by atoms with Crippen molar-refractivity contribution in [2.24, 2.45) is 5.92 Å². The highest BCUT2D eigenvalue weighted by Gasteiger charge is 2.23. The van der Waals surface area contributed by atoms with Crippen LogP contribution in [0.3, 0.4) is 0 Å². The lowest BCUT2D eigenvalue weighted by atomic mass is 9.94. The van der Waals surface area contributed by atoms with E-state index in [9.17, 15) is 20.0 Å². The summed E-state index contributed by atoms with van der Waals surface area (Å²) in [5.41, 5.74) is -1.36. The number of nitrogens with zero attached hydrogens (tertiary/aromatic N) is 1. The first-order chi connectivity index (χ1) is 9.62. The van der Waals surface area contributed by atoms with E-state index in [1.165, 1.54) is 12.1 Å². The Balaban J connectivity index is 2.88. The third-order valence-electron chi connectivity index (χ3n) is 2.95. The topological polar surface area (TPSA) is 113 Å². The SMILES string of the molecule is CC(C)CC(C)(O)CNc1ccc([N+](=O)[O-])c(C(=O)O)c1. The maximum Gasteiger partial charge on any atom is 0.342 e. The number of carboxylic acid groups (broad SMARTS) is 1. The molecule has 0 fully saturated rings. The van der Waals surface area contributed by atoms with Gasteiger partial charge in [-0.1, -0.05) is 13.8 Å². The van der Waals surface area contributed by atoms with Crippen molar-refractivity contribution in [3.63, 3.8) is 0 Å². The lowest BCUT2D eigenvalue weighted by Gasteiger charge is -2.26. The summed E-state index contributed by atoms with van der Waals surface area (Å²) in [5, 5.41) is 32.9. The van der Waals surface area contributed by atoms with E-state index in [1.807, 2.05) is 13.8 Å². The number of nitro groups is 1. The highest BCUT2D eigenvalue weighted by Crippen LogP contribution is 2.24. The number of carbonyl (C=O) groups is 1. The largest absolute Gasteiger partial charge is 0.477 e. The van der Waals surface area contributed by atoms with Gasteiger partial charge >= 0.3 is 5.97 Å². The molecule has 7 heteroatoms. The molecule has 0 amide bonds. The van der Waals surface area contributed by atoms with Gasteiger partial charge in [0, 0.05) is 18.3 Å². The number of nitro benzene ring substituents is 1. The number of rotatable bonds is 7. The van der Waals surface area contributed by atoms with E-state index in [1.54, 1.807) is 6.92 Å². The van der Waals surface area contributed by atoms with Gasteiger partial charge in [0.05, 0.1) is 10.5 Å². The molecule has 1 aromatic carbocycles. The number of nitrogens with one attached hydrogen (secondary N) is 1. The van der Waals surface area contributed by atoms with Crippen LogP contribution < -0.4 is 5.32 Å². The molecule has 1 aromatic rings. The van der Waals surface area contributed by atoms with Gasteiger partial charge in [-0.05, 0) is 31.4 Å². The average molecular weight is 296 g/mol. The molecular formula is C14H20N2O5. The smallest absolute Gasteiger partial charge is 0.342 e. The van der Waals surface area contributed by atoms with E-state index in [4.69, 9.17) is 5.11 Å². The van der Waals surface area contributed by atoms with Crippen LogP contribution in [0.5, 0.6) is 0 Å². The van der Waals surface area contributed by atoms with Gasteiger partial charge in [-0.25, -0.2) is 4.79 Å². The van der Waals surface area contributed by atoms with Crippen LogP contribution in [-0.4, -0.2) is 33.3 Å². The number of hydrogen-bond donors (Lipinski definition) is 3. The molecular weight excluding hydrogens is 276 g/mol. The molecule has 1 atom stereocenters. The van der Waals surface area contributed by atoms with Gasteiger partial charge < -0.3 is 15.5 Å². The minimum Gasteiger partial charge on any atom is -0.477 e. The molecule has 7 nitrogen and oxygen atoms in total. The molecule has 0 aliphatic carbocycles. The van der Waals surface area contributed by atoms with E-state index in [0.29, 0.717) is 18.0 Å². The number of benzene rings is 1. The van der Waals surface area contributed by atoms with Crippen LogP contribution in [0.4, 0.5) is 11.4 Å². The maximum absolute atomic E-state index is 11.0. The molecule has 1 unspecified atom stereocenters. The summed E-state index contributed by atoms with van der Waals surface area (Å²) >= 11 is 0. The van der Waals surface area contributed by atoms with Crippen molar-refractivity contribution >= 4 is 17.3 Å². The molecule has 0 radical (unpaired) electrons. The molecule has 0 saturated carbocycles. The van der Waals surface area contributed by atoms with E-state index < -0.39 is 22.2 Å². The van der Waals surface area contributed by atoms with Crippen LogP contribution in [0, 0.1) is 16.0 Å². The van der Waals surface area contributed by atoms with Crippen LogP contribution in [0.15, 0.2) is 18.2 Å². The molecule has 0 aliphatic heterocycles. The van der Waals surface area contributed by atoms with Crippen molar-refractivity contribution in [2.75, 3.05) is 11.9 Å². The van der Waals surface area contributed by atoms with Crippen molar-refractivity contribution in [3.05, 3.63) is 33.9 Å². The van der Waals surface area contributed by atoms with E-state index in [2.05, 4.69) is 5.32 Å². The molecule has 0 aliphatic rings. The minimum atomic E-state index is -1.36. The van der Waals surface area contributed by atoms with Gasteiger partial charge in [-0.15, -0.1) is 0 Å². The number of carboxylic acids is 1. The Morgan fingerprint density at radius 1 is 1.48 bits per heavy atom. The minimum absolute atomic E-state index is 0.224. The Morgan fingerprint density at radius 2 is 2.10 bits per heavy atom. The molecule has 116 valence electrons. The fraction of sp³-hybridized carbons (Fsp3) is 0.500. The van der Waals surface area contributed by atoms with Crippen molar-refractivity contribution in [2.45, 2.75) is 32.8 Å². The van der Waals surface area contributed by atoms with Crippen molar-refractivity contribution < 1.29 is 19.9 Å². The Bertz CT molecular complexity index is 540. The fourth-order valence-corrected chi connectivity index (χ4v) is 2.22. The monoisotopic (exact) mass is 296 g/mol. The summed E-state index contributed by atoms with van der Waals surface area (Å²) in [7, 11) is 0. The van der Waals surface area contributed by atoms with Crippen LogP contribution in [-0.2, 0) is 0 Å². The predicted octanol–water partition coefficient (Wildman–Crippen LogP) is 2.50. The number of hydrogen-bond acceptors (Lipinski definition) is 5. The molecule has 0 aromatic heterocycles. The second-order valence-electron chi connectivity index (χ2n) is 5.74. The summed E-state index contributed by atoms with van der Waals surface area (Å²) in [4.78, 5) is 21.1. The first-order valence-electron chi connectivity index (χ1n) is 6.60. The third-order valence-corrected chi connectivity index (χ3v) is 2.95. The number of aromatic carboxylic acids is 1. The van der Waals surface area contributed by atoms with Crippen molar-refractivity contribution in [3.8, 4) is 0 Å². The third kappa shape index (κ3) is 5.03. The van der Waals surface area contributed by atoms with Crippen LogP contribution >= 0.6 is 0 Å². The Kier molecular flexibility index (Phi) is 5.26. The quantitative estimate of drug-likeness (QED) is 0.526. The lowest BCUT2D eigenvalue weighted by molar-refractivity contribution is -0.385. The van der Waals surface area contributed by atoms with Crippen molar-refractivity contribution in [1.29, 1.82) is 0 Å².